The number of esters is 1. The van der Waals surface area contributed by atoms with Crippen LogP contribution in [-0.2, 0) is 19.1 Å². The van der Waals surface area contributed by atoms with Gasteiger partial charge >= 0.3 is 5.97 Å². The van der Waals surface area contributed by atoms with Crippen LogP contribution in [0, 0.1) is 5.92 Å². The summed E-state index contributed by atoms with van der Waals surface area (Å²) in [6, 6.07) is 12.9. The molecule has 2 aromatic rings. The largest absolute Gasteiger partial charge is 0.455 e. The van der Waals surface area contributed by atoms with Gasteiger partial charge in [-0.1, -0.05) is 41.4 Å². The van der Waals surface area contributed by atoms with E-state index in [2.05, 4.69) is 10.7 Å². The van der Waals surface area contributed by atoms with Crippen LogP contribution in [0.5, 0.6) is 0 Å². The lowest BCUT2D eigenvalue weighted by Crippen LogP contribution is -2.43. The number of nitrogens with one attached hydrogen (secondary N) is 2. The van der Waals surface area contributed by atoms with Gasteiger partial charge < -0.3 is 10.1 Å². The Kier molecular flexibility index (Phi) is 6.91. The van der Waals surface area contributed by atoms with Gasteiger partial charge in [-0.05, 0) is 30.3 Å². The Morgan fingerprint density at radius 3 is 2.60 bits per heavy atom. The topological polar surface area (TPSA) is 105 Å². The zero-order valence-electron chi connectivity index (χ0n) is 15.6. The highest BCUT2D eigenvalue weighted by Crippen LogP contribution is 2.20. The van der Waals surface area contributed by atoms with E-state index >= 15 is 0 Å². The van der Waals surface area contributed by atoms with E-state index in [1.807, 2.05) is 0 Å². The Morgan fingerprint density at radius 1 is 1.10 bits per heavy atom. The van der Waals surface area contributed by atoms with Crippen LogP contribution < -0.4 is 10.7 Å². The van der Waals surface area contributed by atoms with E-state index in [0.29, 0.717) is 10.7 Å². The molecule has 2 aromatic carbocycles. The van der Waals surface area contributed by atoms with Gasteiger partial charge in [-0.25, -0.2) is 0 Å². The van der Waals surface area contributed by atoms with E-state index in [1.54, 1.807) is 42.5 Å². The molecule has 156 valence electrons. The minimum absolute atomic E-state index is 0.0657. The van der Waals surface area contributed by atoms with Crippen LogP contribution in [0.4, 0.5) is 5.69 Å². The molecule has 0 spiro atoms. The van der Waals surface area contributed by atoms with Gasteiger partial charge in [0.25, 0.3) is 11.8 Å². The van der Waals surface area contributed by atoms with E-state index in [9.17, 15) is 19.2 Å². The van der Waals surface area contributed by atoms with Crippen molar-refractivity contribution in [1.82, 2.24) is 10.4 Å². The van der Waals surface area contributed by atoms with E-state index in [4.69, 9.17) is 27.9 Å². The lowest BCUT2D eigenvalue weighted by Gasteiger charge is -2.18. The molecule has 0 saturated carbocycles. The highest BCUT2D eigenvalue weighted by molar-refractivity contribution is 6.33. The normalized spacial score (nSPS) is 15.6. The van der Waals surface area contributed by atoms with E-state index in [-0.39, 0.29) is 23.6 Å². The number of carbonyl (C=O) groups excluding carboxylic acids is 4. The molecule has 0 aromatic heterocycles. The summed E-state index contributed by atoms with van der Waals surface area (Å²) in [5.41, 5.74) is 3.10. The smallest absolute Gasteiger partial charge is 0.311 e. The number of hydrogen-bond donors (Lipinski definition) is 2. The van der Waals surface area contributed by atoms with Crippen molar-refractivity contribution in [3.8, 4) is 0 Å². The van der Waals surface area contributed by atoms with Crippen molar-refractivity contribution >= 4 is 52.6 Å². The third-order valence-electron chi connectivity index (χ3n) is 4.27. The Bertz CT molecular complexity index is 998. The number of nitrogens with zero attached hydrogens (tertiary/aromatic N) is 1. The van der Waals surface area contributed by atoms with Gasteiger partial charge in [-0.3, -0.25) is 29.6 Å². The molecule has 8 nitrogen and oxygen atoms in total. The van der Waals surface area contributed by atoms with E-state index in [1.165, 1.54) is 6.07 Å². The number of amides is 3. The second-order valence-electron chi connectivity index (χ2n) is 6.49. The highest BCUT2D eigenvalue weighted by Gasteiger charge is 2.36. The molecule has 30 heavy (non-hydrogen) atoms. The monoisotopic (exact) mass is 449 g/mol. The summed E-state index contributed by atoms with van der Waals surface area (Å²) in [5, 5.41) is 4.28. The van der Waals surface area contributed by atoms with Crippen LogP contribution >= 0.6 is 23.2 Å². The number of carbonyl (C=O) groups is 4. The Labute approximate surface area is 182 Å². The number of hydrazine groups is 1. The van der Waals surface area contributed by atoms with Gasteiger partial charge in [0.2, 0.25) is 5.91 Å². The first-order chi connectivity index (χ1) is 14.3. The van der Waals surface area contributed by atoms with Crippen LogP contribution in [0.2, 0.25) is 10.0 Å². The first-order valence-corrected chi connectivity index (χ1v) is 9.67. The lowest BCUT2D eigenvalue weighted by atomic mass is 10.1. The molecule has 0 radical (unpaired) electrons. The standard InChI is InChI=1S/C20H17Cl2N3O5/c21-13-4-3-5-14(9-13)23-17(26)11-30-20(29)12-8-18(27)25(10-12)24-19(28)15-6-1-2-7-16(15)22/h1-7,9,12H,8,10-11H2,(H,23,26)(H,24,28)/t12-/m1/s1. The van der Waals surface area contributed by atoms with Crippen LogP contribution in [-0.4, -0.2) is 41.9 Å². The fourth-order valence-electron chi connectivity index (χ4n) is 2.82. The summed E-state index contributed by atoms with van der Waals surface area (Å²) < 4.78 is 5.00. The summed E-state index contributed by atoms with van der Waals surface area (Å²) in [7, 11) is 0. The highest BCUT2D eigenvalue weighted by atomic mass is 35.5. The number of hydrogen-bond acceptors (Lipinski definition) is 5. The first-order valence-electron chi connectivity index (χ1n) is 8.91. The fraction of sp³-hybridized carbons (Fsp3) is 0.200. The van der Waals surface area contributed by atoms with Crippen molar-refractivity contribution in [3.63, 3.8) is 0 Å². The molecule has 3 amide bonds. The van der Waals surface area contributed by atoms with Crippen LogP contribution in [0.3, 0.4) is 0 Å². The molecule has 0 aliphatic carbocycles. The Hall–Kier alpha value is -3.10. The second kappa shape index (κ2) is 9.60. The quantitative estimate of drug-likeness (QED) is 0.659. The molecule has 10 heteroatoms. The van der Waals surface area contributed by atoms with Gasteiger partial charge in [-0.2, -0.15) is 0 Å². The predicted molar refractivity (Wildman–Crippen MR) is 110 cm³/mol. The van der Waals surface area contributed by atoms with Crippen molar-refractivity contribution < 1.29 is 23.9 Å². The molecule has 1 saturated heterocycles. The zero-order valence-corrected chi connectivity index (χ0v) is 17.1. The summed E-state index contributed by atoms with van der Waals surface area (Å²) in [6.45, 7) is -0.578. The molecular formula is C20H17Cl2N3O5. The van der Waals surface area contributed by atoms with Crippen molar-refractivity contribution in [1.29, 1.82) is 0 Å². The Morgan fingerprint density at radius 2 is 1.87 bits per heavy atom. The van der Waals surface area contributed by atoms with Crippen molar-refractivity contribution in [2.45, 2.75) is 6.42 Å². The van der Waals surface area contributed by atoms with Crippen molar-refractivity contribution in [2.24, 2.45) is 5.92 Å². The minimum atomic E-state index is -0.803. The van der Waals surface area contributed by atoms with Crippen LogP contribution in [0.15, 0.2) is 48.5 Å². The second-order valence-corrected chi connectivity index (χ2v) is 7.34. The molecule has 1 atom stereocenters. The van der Waals surface area contributed by atoms with Gasteiger partial charge in [0.15, 0.2) is 6.61 Å². The van der Waals surface area contributed by atoms with Crippen LogP contribution in [0.25, 0.3) is 0 Å². The molecule has 0 bridgehead atoms. The molecule has 2 N–H and O–H groups in total. The third-order valence-corrected chi connectivity index (χ3v) is 4.83. The predicted octanol–water partition coefficient (Wildman–Crippen LogP) is 2.67. The third kappa shape index (κ3) is 5.49. The van der Waals surface area contributed by atoms with Gasteiger partial charge in [0.1, 0.15) is 0 Å². The van der Waals surface area contributed by atoms with Crippen molar-refractivity contribution in [3.05, 3.63) is 64.1 Å². The molecule has 1 fully saturated rings. The van der Waals surface area contributed by atoms with Gasteiger partial charge in [0.05, 0.1) is 23.0 Å². The maximum absolute atomic E-state index is 12.3. The number of anilines is 1. The summed E-state index contributed by atoms with van der Waals surface area (Å²) in [6.07, 6.45) is -0.141. The van der Waals surface area contributed by atoms with Crippen molar-refractivity contribution in [2.75, 3.05) is 18.5 Å². The number of rotatable bonds is 6. The maximum Gasteiger partial charge on any atom is 0.311 e. The number of ether oxygens (including phenoxy) is 1. The number of benzene rings is 2. The zero-order chi connectivity index (χ0) is 21.7. The fourth-order valence-corrected chi connectivity index (χ4v) is 3.23. The molecule has 1 heterocycles. The lowest BCUT2D eigenvalue weighted by molar-refractivity contribution is -0.151. The van der Waals surface area contributed by atoms with E-state index in [0.717, 1.165) is 5.01 Å². The van der Waals surface area contributed by atoms with Gasteiger partial charge in [0, 0.05) is 17.1 Å². The number of halogens is 2. The minimum Gasteiger partial charge on any atom is -0.455 e. The molecule has 1 aliphatic heterocycles. The SMILES string of the molecule is O=C(COC(=O)[C@@H]1CC(=O)N(NC(=O)c2ccccc2Cl)C1)Nc1cccc(Cl)c1. The maximum atomic E-state index is 12.3. The average Bonchev–Trinajstić information content (AvgIpc) is 3.07. The van der Waals surface area contributed by atoms with Gasteiger partial charge in [-0.15, -0.1) is 0 Å². The summed E-state index contributed by atoms with van der Waals surface area (Å²) in [4.78, 5) is 48.6. The summed E-state index contributed by atoms with van der Waals surface area (Å²) in [5.74, 6) is -3.06. The Balaban J connectivity index is 1.49. The van der Waals surface area contributed by atoms with Crippen LogP contribution in [0.1, 0.15) is 16.8 Å². The average molecular weight is 450 g/mol. The molecule has 0 unspecified atom stereocenters. The molecule has 1 aliphatic rings. The first kappa shape index (κ1) is 21.6. The molecular weight excluding hydrogens is 433 g/mol. The molecule has 3 rings (SSSR count). The van der Waals surface area contributed by atoms with E-state index < -0.39 is 36.2 Å². The summed E-state index contributed by atoms with van der Waals surface area (Å²) >= 11 is 11.8.